The van der Waals surface area contributed by atoms with Crippen LogP contribution in [0, 0.1) is 11.3 Å². The maximum atomic E-state index is 9.63. The molecule has 2 aromatic rings. The van der Waals surface area contributed by atoms with E-state index < -0.39 is 0 Å². The van der Waals surface area contributed by atoms with E-state index in [-0.39, 0.29) is 0 Å². The van der Waals surface area contributed by atoms with Crippen LogP contribution in [0.3, 0.4) is 0 Å². The molecule has 106 valence electrons. The molecule has 3 rings (SSSR count). The second-order valence-electron chi connectivity index (χ2n) is 5.25. The molecule has 1 unspecified atom stereocenters. The lowest BCUT2D eigenvalue weighted by molar-refractivity contribution is 0.757. The topological polar surface area (TPSA) is 27.0 Å². The third-order valence-corrected chi connectivity index (χ3v) is 4.82. The van der Waals surface area contributed by atoms with Gasteiger partial charge in [0.15, 0.2) is 0 Å². The molecular formula is C18H18N2S. The van der Waals surface area contributed by atoms with Gasteiger partial charge in [0.25, 0.3) is 0 Å². The van der Waals surface area contributed by atoms with E-state index in [9.17, 15) is 5.26 Å². The molecule has 0 saturated heterocycles. The average molecular weight is 294 g/mol. The molecule has 0 radical (unpaired) electrons. The van der Waals surface area contributed by atoms with Gasteiger partial charge >= 0.3 is 0 Å². The molecule has 0 spiro atoms. The minimum absolute atomic E-state index is 0.386. The fraction of sp³-hybridized carbons (Fsp3) is 0.278. The summed E-state index contributed by atoms with van der Waals surface area (Å²) in [6, 6.07) is 17.5. The first-order chi connectivity index (χ1) is 10.3. The molecule has 1 heterocycles. The average Bonchev–Trinajstić information content (AvgIpc) is 2.83. The Morgan fingerprint density at radius 1 is 1.19 bits per heavy atom. The highest BCUT2D eigenvalue weighted by molar-refractivity contribution is 7.99. The van der Waals surface area contributed by atoms with Gasteiger partial charge in [-0.3, -0.25) is 0 Å². The van der Waals surface area contributed by atoms with Gasteiger partial charge in [-0.25, -0.2) is 0 Å². The molecule has 0 aliphatic carbocycles. The van der Waals surface area contributed by atoms with Crippen LogP contribution in [0.25, 0.3) is 0 Å². The number of para-hydroxylation sites is 1. The van der Waals surface area contributed by atoms with Gasteiger partial charge in [-0.05, 0) is 42.9 Å². The number of rotatable bonds is 3. The van der Waals surface area contributed by atoms with Crippen LogP contribution in [0.2, 0.25) is 0 Å². The molecule has 0 bridgehead atoms. The van der Waals surface area contributed by atoms with Crippen molar-refractivity contribution >= 4 is 23.1 Å². The Morgan fingerprint density at radius 3 is 2.71 bits per heavy atom. The van der Waals surface area contributed by atoms with Gasteiger partial charge in [0.2, 0.25) is 0 Å². The number of benzene rings is 2. The predicted octanol–water partition coefficient (Wildman–Crippen LogP) is 4.75. The highest BCUT2D eigenvalue weighted by Crippen LogP contribution is 2.41. The number of thioether (sulfide) groups is 1. The second kappa shape index (κ2) is 5.83. The van der Waals surface area contributed by atoms with Gasteiger partial charge in [-0.1, -0.05) is 31.2 Å². The van der Waals surface area contributed by atoms with E-state index in [1.54, 1.807) is 11.8 Å². The Hall–Kier alpha value is -1.92. The quantitative estimate of drug-likeness (QED) is 0.764. The summed E-state index contributed by atoms with van der Waals surface area (Å²) in [4.78, 5) is 3.39. The highest BCUT2D eigenvalue weighted by atomic mass is 32.2. The summed E-state index contributed by atoms with van der Waals surface area (Å²) in [6.07, 6.45) is 1.03. The van der Waals surface area contributed by atoms with Gasteiger partial charge in [0, 0.05) is 16.6 Å². The maximum absolute atomic E-state index is 9.63. The lowest BCUT2D eigenvalue weighted by atomic mass is 10.1. The third kappa shape index (κ3) is 2.41. The number of hydrogen-bond acceptors (Lipinski definition) is 3. The van der Waals surface area contributed by atoms with Crippen LogP contribution < -0.4 is 4.90 Å². The molecule has 0 amide bonds. The minimum atomic E-state index is 0.386. The van der Waals surface area contributed by atoms with E-state index in [1.807, 2.05) is 6.07 Å². The fourth-order valence-corrected chi connectivity index (χ4v) is 3.82. The summed E-state index contributed by atoms with van der Waals surface area (Å²) in [7, 11) is 0. The Bertz CT molecular complexity index is 703. The van der Waals surface area contributed by atoms with Crippen LogP contribution in [0.1, 0.15) is 25.0 Å². The zero-order chi connectivity index (χ0) is 14.8. The van der Waals surface area contributed by atoms with Crippen molar-refractivity contribution in [2.45, 2.75) is 31.2 Å². The van der Waals surface area contributed by atoms with Crippen LogP contribution in [-0.4, -0.2) is 11.8 Å². The summed E-state index contributed by atoms with van der Waals surface area (Å²) >= 11 is 1.73. The second-order valence-corrected chi connectivity index (χ2v) is 6.55. The lowest BCUT2D eigenvalue weighted by Crippen LogP contribution is -2.24. The van der Waals surface area contributed by atoms with Crippen LogP contribution in [0.15, 0.2) is 47.4 Å². The van der Waals surface area contributed by atoms with Crippen molar-refractivity contribution in [3.63, 3.8) is 0 Å². The first-order valence-corrected chi connectivity index (χ1v) is 8.28. The Morgan fingerprint density at radius 2 is 1.95 bits per heavy atom. The van der Waals surface area contributed by atoms with E-state index in [2.05, 4.69) is 61.2 Å². The number of nitriles is 1. The highest BCUT2D eigenvalue weighted by Gasteiger charge is 2.28. The molecule has 2 aromatic carbocycles. The summed E-state index contributed by atoms with van der Waals surface area (Å²) in [6.45, 7) is 4.34. The molecule has 21 heavy (non-hydrogen) atoms. The molecule has 0 fully saturated rings. The summed E-state index contributed by atoms with van der Waals surface area (Å²) in [5.41, 5.74) is 4.43. The number of anilines is 2. The van der Waals surface area contributed by atoms with E-state index in [0.717, 1.165) is 28.3 Å². The summed E-state index contributed by atoms with van der Waals surface area (Å²) < 4.78 is 0. The standard InChI is InChI=1S/C18H18N2S/c1-3-21-18-10-6-9-17(15(18)12-19)20-13(2)11-14-7-4-5-8-16(14)20/h4-10,13H,3,11H2,1-2H3. The predicted molar refractivity (Wildman–Crippen MR) is 89.3 cm³/mol. The van der Waals surface area contributed by atoms with Crippen molar-refractivity contribution in [1.29, 1.82) is 5.26 Å². The zero-order valence-corrected chi connectivity index (χ0v) is 13.2. The van der Waals surface area contributed by atoms with Crippen LogP contribution in [0.5, 0.6) is 0 Å². The molecule has 0 N–H and O–H groups in total. The van der Waals surface area contributed by atoms with Gasteiger partial charge in [-0.15, -0.1) is 11.8 Å². The van der Waals surface area contributed by atoms with Crippen LogP contribution in [-0.2, 0) is 6.42 Å². The molecule has 1 aliphatic heterocycles. The Labute approximate surface area is 130 Å². The van der Waals surface area contributed by atoms with E-state index in [0.29, 0.717) is 6.04 Å². The SMILES string of the molecule is CCSc1cccc(N2c3ccccc3CC2C)c1C#N. The first-order valence-electron chi connectivity index (χ1n) is 7.29. The fourth-order valence-electron chi connectivity index (χ4n) is 3.04. The first kappa shape index (κ1) is 14.0. The molecular weight excluding hydrogens is 276 g/mol. The van der Waals surface area contributed by atoms with Crippen molar-refractivity contribution in [3.05, 3.63) is 53.6 Å². The maximum Gasteiger partial charge on any atom is 0.103 e. The van der Waals surface area contributed by atoms with Crippen molar-refractivity contribution in [3.8, 4) is 6.07 Å². The van der Waals surface area contributed by atoms with E-state index >= 15 is 0 Å². The van der Waals surface area contributed by atoms with E-state index in [1.165, 1.54) is 11.3 Å². The monoisotopic (exact) mass is 294 g/mol. The van der Waals surface area contributed by atoms with Crippen molar-refractivity contribution in [2.24, 2.45) is 0 Å². The van der Waals surface area contributed by atoms with Gasteiger partial charge < -0.3 is 4.90 Å². The lowest BCUT2D eigenvalue weighted by Gasteiger charge is -2.26. The van der Waals surface area contributed by atoms with Crippen molar-refractivity contribution < 1.29 is 0 Å². The van der Waals surface area contributed by atoms with Crippen LogP contribution >= 0.6 is 11.8 Å². The zero-order valence-electron chi connectivity index (χ0n) is 12.3. The van der Waals surface area contributed by atoms with Crippen LogP contribution in [0.4, 0.5) is 11.4 Å². The molecule has 1 atom stereocenters. The molecule has 1 aliphatic rings. The Kier molecular flexibility index (Phi) is 3.90. The van der Waals surface area contributed by atoms with E-state index in [4.69, 9.17) is 0 Å². The normalized spacial score (nSPS) is 16.6. The number of fused-ring (bicyclic) bond motifs is 1. The number of nitrogens with zero attached hydrogens (tertiary/aromatic N) is 2. The Balaban J connectivity index is 2.13. The summed E-state index contributed by atoms with van der Waals surface area (Å²) in [5, 5.41) is 9.63. The largest absolute Gasteiger partial charge is 0.337 e. The molecule has 2 nitrogen and oxygen atoms in total. The summed E-state index contributed by atoms with van der Waals surface area (Å²) in [5.74, 6) is 0.976. The van der Waals surface area contributed by atoms with Gasteiger partial charge in [-0.2, -0.15) is 5.26 Å². The smallest absolute Gasteiger partial charge is 0.103 e. The number of hydrogen-bond donors (Lipinski definition) is 0. The molecule has 0 aromatic heterocycles. The third-order valence-electron chi connectivity index (χ3n) is 3.88. The minimum Gasteiger partial charge on any atom is -0.337 e. The van der Waals surface area contributed by atoms with Gasteiger partial charge in [0.05, 0.1) is 11.3 Å². The molecule has 0 saturated carbocycles. The molecule has 3 heteroatoms. The van der Waals surface area contributed by atoms with Crippen molar-refractivity contribution in [2.75, 3.05) is 10.7 Å². The van der Waals surface area contributed by atoms with Crippen molar-refractivity contribution in [1.82, 2.24) is 0 Å². The van der Waals surface area contributed by atoms with Gasteiger partial charge in [0.1, 0.15) is 6.07 Å².